The molecule has 4 heteroatoms. The molecule has 1 N–H and O–H groups in total. The third kappa shape index (κ3) is 2.79. The fourth-order valence-electron chi connectivity index (χ4n) is 4.70. The van der Waals surface area contributed by atoms with Crippen LogP contribution < -0.4 is 14.8 Å². The number of nitrogens with one attached hydrogen (secondary N) is 1. The highest BCUT2D eigenvalue weighted by Crippen LogP contribution is 2.49. The number of carbonyl (C=O) groups excluding carboxylic acids is 1. The zero-order valence-electron chi connectivity index (χ0n) is 16.6. The SMILES string of the molecule is COc1ccc(OC)c(C2Nc3ccc4ccccc4c3C3=C2C(=O)CCC3)c1. The zero-order valence-corrected chi connectivity index (χ0v) is 16.6. The lowest BCUT2D eigenvalue weighted by atomic mass is 9.76. The maximum absolute atomic E-state index is 13.1. The molecule has 0 radical (unpaired) electrons. The van der Waals surface area contributed by atoms with Crippen molar-refractivity contribution in [3.63, 3.8) is 0 Å². The number of benzene rings is 3. The van der Waals surface area contributed by atoms with Gasteiger partial charge in [-0.05, 0) is 53.5 Å². The molecule has 3 aromatic carbocycles. The molecule has 0 saturated heterocycles. The highest BCUT2D eigenvalue weighted by molar-refractivity contribution is 6.12. The van der Waals surface area contributed by atoms with Crippen LogP contribution in [0.2, 0.25) is 0 Å². The molecule has 1 aliphatic carbocycles. The van der Waals surface area contributed by atoms with E-state index in [9.17, 15) is 4.79 Å². The van der Waals surface area contributed by atoms with E-state index in [-0.39, 0.29) is 11.8 Å². The van der Waals surface area contributed by atoms with Crippen molar-refractivity contribution in [3.05, 3.63) is 71.3 Å². The molecule has 3 aromatic rings. The van der Waals surface area contributed by atoms with E-state index >= 15 is 0 Å². The van der Waals surface area contributed by atoms with E-state index in [1.807, 2.05) is 18.2 Å². The molecule has 1 atom stereocenters. The number of ketones is 1. The molecule has 29 heavy (non-hydrogen) atoms. The van der Waals surface area contributed by atoms with Crippen molar-refractivity contribution in [2.45, 2.75) is 25.3 Å². The summed E-state index contributed by atoms with van der Waals surface area (Å²) in [6.45, 7) is 0. The van der Waals surface area contributed by atoms with Gasteiger partial charge in [-0.25, -0.2) is 0 Å². The molecule has 0 spiro atoms. The maximum atomic E-state index is 13.1. The molecule has 0 fully saturated rings. The van der Waals surface area contributed by atoms with Crippen molar-refractivity contribution in [1.82, 2.24) is 0 Å². The molecule has 1 heterocycles. The first-order valence-electron chi connectivity index (χ1n) is 9.98. The number of anilines is 1. The van der Waals surface area contributed by atoms with Gasteiger partial charge in [0.15, 0.2) is 5.78 Å². The second kappa shape index (κ2) is 6.96. The Balaban J connectivity index is 1.78. The van der Waals surface area contributed by atoms with Crippen molar-refractivity contribution in [3.8, 4) is 11.5 Å². The van der Waals surface area contributed by atoms with Gasteiger partial charge in [0, 0.05) is 28.8 Å². The molecule has 0 aromatic heterocycles. The van der Waals surface area contributed by atoms with Gasteiger partial charge in [-0.2, -0.15) is 0 Å². The molecule has 2 aliphatic rings. The van der Waals surface area contributed by atoms with Crippen LogP contribution in [0.3, 0.4) is 0 Å². The highest BCUT2D eigenvalue weighted by atomic mass is 16.5. The van der Waals surface area contributed by atoms with Gasteiger partial charge in [-0.15, -0.1) is 0 Å². The number of hydrogen-bond acceptors (Lipinski definition) is 4. The minimum atomic E-state index is -0.253. The highest BCUT2D eigenvalue weighted by Gasteiger charge is 2.36. The fourth-order valence-corrected chi connectivity index (χ4v) is 4.70. The summed E-state index contributed by atoms with van der Waals surface area (Å²) in [4.78, 5) is 13.1. The van der Waals surface area contributed by atoms with Gasteiger partial charge >= 0.3 is 0 Å². The number of fused-ring (bicyclic) bond motifs is 4. The normalized spacial score (nSPS) is 18.1. The molecule has 1 aliphatic heterocycles. The van der Waals surface area contributed by atoms with E-state index in [1.165, 1.54) is 21.9 Å². The van der Waals surface area contributed by atoms with Crippen LogP contribution in [-0.2, 0) is 4.79 Å². The number of methoxy groups -OCH3 is 2. The summed E-state index contributed by atoms with van der Waals surface area (Å²) in [7, 11) is 3.31. The lowest BCUT2D eigenvalue weighted by Crippen LogP contribution is -2.27. The van der Waals surface area contributed by atoms with Crippen LogP contribution >= 0.6 is 0 Å². The van der Waals surface area contributed by atoms with E-state index in [4.69, 9.17) is 9.47 Å². The molecule has 1 unspecified atom stereocenters. The number of rotatable bonds is 3. The van der Waals surface area contributed by atoms with E-state index < -0.39 is 0 Å². The molecule has 0 bridgehead atoms. The average Bonchev–Trinajstić information content (AvgIpc) is 2.77. The Morgan fingerprint density at radius 2 is 1.83 bits per heavy atom. The van der Waals surface area contributed by atoms with E-state index in [2.05, 4.69) is 41.7 Å². The Bertz CT molecular complexity index is 1160. The van der Waals surface area contributed by atoms with Gasteiger partial charge in [-0.3, -0.25) is 4.79 Å². The predicted octanol–water partition coefficient (Wildman–Crippen LogP) is 5.53. The molecular formula is C25H23NO3. The van der Waals surface area contributed by atoms with Crippen molar-refractivity contribution < 1.29 is 14.3 Å². The lowest BCUT2D eigenvalue weighted by molar-refractivity contribution is -0.116. The van der Waals surface area contributed by atoms with Crippen molar-refractivity contribution in [2.75, 3.05) is 19.5 Å². The van der Waals surface area contributed by atoms with Crippen molar-refractivity contribution >= 4 is 27.8 Å². The quantitative estimate of drug-likeness (QED) is 0.644. The van der Waals surface area contributed by atoms with Crippen LogP contribution in [0.4, 0.5) is 5.69 Å². The van der Waals surface area contributed by atoms with Crippen molar-refractivity contribution in [2.24, 2.45) is 0 Å². The maximum Gasteiger partial charge on any atom is 0.161 e. The first kappa shape index (κ1) is 17.8. The minimum absolute atomic E-state index is 0.215. The van der Waals surface area contributed by atoms with E-state index in [0.29, 0.717) is 6.42 Å². The molecule has 0 amide bonds. The Morgan fingerprint density at radius 3 is 2.66 bits per heavy atom. The van der Waals surface area contributed by atoms with Gasteiger partial charge in [0.2, 0.25) is 0 Å². The molecule has 4 nitrogen and oxygen atoms in total. The van der Waals surface area contributed by atoms with Crippen LogP contribution in [0.25, 0.3) is 16.3 Å². The summed E-state index contributed by atoms with van der Waals surface area (Å²) in [5.74, 6) is 1.71. The number of ether oxygens (including phenoxy) is 2. The molecular weight excluding hydrogens is 362 g/mol. The van der Waals surface area contributed by atoms with Gasteiger partial charge in [0.25, 0.3) is 0 Å². The first-order valence-corrected chi connectivity index (χ1v) is 9.98. The Morgan fingerprint density at radius 1 is 0.966 bits per heavy atom. The van der Waals surface area contributed by atoms with Gasteiger partial charge in [0.05, 0.1) is 20.3 Å². The number of hydrogen-bond donors (Lipinski definition) is 1. The fraction of sp³-hybridized carbons (Fsp3) is 0.240. The van der Waals surface area contributed by atoms with Crippen LogP contribution in [-0.4, -0.2) is 20.0 Å². The van der Waals surface area contributed by atoms with E-state index in [1.54, 1.807) is 14.2 Å². The average molecular weight is 385 g/mol. The van der Waals surface area contributed by atoms with Crippen molar-refractivity contribution in [1.29, 1.82) is 0 Å². The largest absolute Gasteiger partial charge is 0.497 e. The summed E-state index contributed by atoms with van der Waals surface area (Å²) in [6.07, 6.45) is 2.39. The zero-order chi connectivity index (χ0) is 20.0. The van der Waals surface area contributed by atoms with E-state index in [0.717, 1.165) is 41.2 Å². The van der Waals surface area contributed by atoms with Crippen LogP contribution in [0.1, 0.15) is 36.4 Å². The number of Topliss-reactive ketones (excluding diaryl/α,β-unsaturated/α-hetero) is 1. The van der Waals surface area contributed by atoms with Gasteiger partial charge < -0.3 is 14.8 Å². The topological polar surface area (TPSA) is 47.6 Å². The smallest absolute Gasteiger partial charge is 0.161 e. The Labute approximate surface area is 170 Å². The summed E-state index contributed by atoms with van der Waals surface area (Å²) >= 11 is 0. The predicted molar refractivity (Wildman–Crippen MR) is 116 cm³/mol. The molecule has 146 valence electrons. The second-order valence-electron chi connectivity index (χ2n) is 7.56. The Kier molecular flexibility index (Phi) is 4.27. The summed E-state index contributed by atoms with van der Waals surface area (Å²) in [5, 5.41) is 6.03. The number of allylic oxidation sites excluding steroid dienone is 1. The first-order chi connectivity index (χ1) is 14.2. The van der Waals surface area contributed by atoms with Crippen LogP contribution in [0.15, 0.2) is 60.2 Å². The molecule has 5 rings (SSSR count). The van der Waals surface area contributed by atoms with Gasteiger partial charge in [0.1, 0.15) is 11.5 Å². The van der Waals surface area contributed by atoms with Crippen LogP contribution in [0, 0.1) is 0 Å². The third-order valence-corrected chi connectivity index (χ3v) is 6.02. The Hall–Kier alpha value is -3.27. The summed E-state index contributed by atoms with van der Waals surface area (Å²) in [5.41, 5.74) is 5.19. The van der Waals surface area contributed by atoms with Crippen LogP contribution in [0.5, 0.6) is 11.5 Å². The standard InChI is InChI=1S/C25H23NO3/c1-28-16-11-13-22(29-2)19(14-16)25-24-18(8-5-9-21(24)27)23-17-7-4-3-6-15(17)10-12-20(23)26-25/h3-4,6-7,10-14,25-26H,5,8-9H2,1-2H3. The minimum Gasteiger partial charge on any atom is -0.497 e. The molecule has 0 saturated carbocycles. The monoisotopic (exact) mass is 385 g/mol. The summed E-state index contributed by atoms with van der Waals surface area (Å²) in [6, 6.07) is 18.1. The number of carbonyl (C=O) groups is 1. The second-order valence-corrected chi connectivity index (χ2v) is 7.56. The lowest BCUT2D eigenvalue weighted by Gasteiger charge is -2.35. The third-order valence-electron chi connectivity index (χ3n) is 6.02. The van der Waals surface area contributed by atoms with Gasteiger partial charge in [-0.1, -0.05) is 30.3 Å². The summed E-state index contributed by atoms with van der Waals surface area (Å²) < 4.78 is 11.1.